The average molecular weight is 490 g/mol. The van der Waals surface area contributed by atoms with Gasteiger partial charge in [0, 0.05) is 24.0 Å². The molecule has 0 aliphatic heterocycles. The molecule has 5 rings (SSSR count). The first-order valence-corrected chi connectivity index (χ1v) is 12.1. The molecule has 0 spiro atoms. The summed E-state index contributed by atoms with van der Waals surface area (Å²) in [5, 5.41) is 9.19. The number of thioether (sulfide) groups is 1. The largest absolute Gasteiger partial charge is 0.384 e. The van der Waals surface area contributed by atoms with E-state index in [1.54, 1.807) is 12.4 Å². The number of hydrogen-bond donors (Lipinski definition) is 2. The number of nitrogens with two attached hydrogens (primary N) is 1. The van der Waals surface area contributed by atoms with Crippen LogP contribution in [0.1, 0.15) is 40.4 Å². The molecular formula is C24H23N7O3S. The number of hydrogen-bond acceptors (Lipinski definition) is 8. The Balaban J connectivity index is 1.52. The van der Waals surface area contributed by atoms with Crippen LogP contribution in [0.2, 0.25) is 0 Å². The molecule has 1 fully saturated rings. The summed E-state index contributed by atoms with van der Waals surface area (Å²) < 4.78 is 3.18. The number of nitrogen functional groups attached to an aromatic ring is 1. The predicted molar refractivity (Wildman–Crippen MR) is 133 cm³/mol. The summed E-state index contributed by atoms with van der Waals surface area (Å²) in [5.41, 5.74) is 8.31. The van der Waals surface area contributed by atoms with Crippen molar-refractivity contribution in [2.75, 3.05) is 11.5 Å². The van der Waals surface area contributed by atoms with E-state index in [9.17, 15) is 14.4 Å². The van der Waals surface area contributed by atoms with Crippen molar-refractivity contribution >= 4 is 23.4 Å². The van der Waals surface area contributed by atoms with E-state index in [0.29, 0.717) is 11.0 Å². The first kappa shape index (κ1) is 22.8. The quantitative estimate of drug-likeness (QED) is 0.298. The number of benzene rings is 1. The number of nitrogens with one attached hydrogen (secondary N) is 1. The van der Waals surface area contributed by atoms with Crippen LogP contribution in [0.3, 0.4) is 0 Å². The van der Waals surface area contributed by atoms with E-state index in [-0.39, 0.29) is 23.2 Å². The molecule has 10 nitrogen and oxygen atoms in total. The number of pyridine rings is 1. The van der Waals surface area contributed by atoms with Gasteiger partial charge in [0.15, 0.2) is 16.8 Å². The minimum atomic E-state index is -0.776. The van der Waals surface area contributed by atoms with E-state index in [2.05, 4.69) is 26.2 Å². The van der Waals surface area contributed by atoms with Crippen molar-refractivity contribution < 1.29 is 4.79 Å². The molecule has 3 N–H and O–H groups in total. The highest BCUT2D eigenvalue weighted by atomic mass is 32.2. The second-order valence-corrected chi connectivity index (χ2v) is 9.45. The summed E-state index contributed by atoms with van der Waals surface area (Å²) in [7, 11) is 0. The number of H-pyrrole nitrogens is 1. The summed E-state index contributed by atoms with van der Waals surface area (Å²) in [6.45, 7) is 4.01. The van der Waals surface area contributed by atoms with Crippen LogP contribution >= 0.6 is 11.8 Å². The van der Waals surface area contributed by atoms with Crippen molar-refractivity contribution in [3.05, 3.63) is 80.3 Å². The van der Waals surface area contributed by atoms with Gasteiger partial charge in [-0.1, -0.05) is 29.5 Å². The molecular weight excluding hydrogens is 466 g/mol. The van der Waals surface area contributed by atoms with Gasteiger partial charge in [0.1, 0.15) is 11.4 Å². The second kappa shape index (κ2) is 8.99. The zero-order chi connectivity index (χ0) is 24.7. The lowest BCUT2D eigenvalue weighted by Crippen LogP contribution is -2.36. The number of carbonyl (C=O) groups is 1. The summed E-state index contributed by atoms with van der Waals surface area (Å²) in [4.78, 5) is 44.1. The number of carbonyl (C=O) groups excluding carboxylic acids is 1. The lowest BCUT2D eigenvalue weighted by atomic mass is 10.1. The maximum Gasteiger partial charge on any atom is 0.330 e. The smallest absolute Gasteiger partial charge is 0.330 e. The average Bonchev–Trinajstić information content (AvgIpc) is 3.56. The van der Waals surface area contributed by atoms with Crippen molar-refractivity contribution in [1.82, 2.24) is 29.3 Å². The Morgan fingerprint density at radius 2 is 2.00 bits per heavy atom. The number of nitrogens with zero attached hydrogens (tertiary/aromatic N) is 5. The number of Topliss-reactive ketones (excluding diaryl/α,β-unsaturated/α-hetero) is 1. The second-order valence-electron chi connectivity index (χ2n) is 8.51. The van der Waals surface area contributed by atoms with Gasteiger partial charge in [-0.3, -0.25) is 28.7 Å². The van der Waals surface area contributed by atoms with Gasteiger partial charge in [0.2, 0.25) is 0 Å². The van der Waals surface area contributed by atoms with E-state index in [4.69, 9.17) is 5.73 Å². The van der Waals surface area contributed by atoms with Crippen molar-refractivity contribution in [2.24, 2.45) is 0 Å². The van der Waals surface area contributed by atoms with E-state index in [1.807, 2.05) is 42.7 Å². The molecule has 0 amide bonds. The van der Waals surface area contributed by atoms with E-state index >= 15 is 0 Å². The fourth-order valence-electron chi connectivity index (χ4n) is 4.05. The number of aryl methyl sites for hydroxylation is 2. The Bertz CT molecular complexity index is 1550. The molecule has 1 aliphatic carbocycles. The third-order valence-corrected chi connectivity index (χ3v) is 6.78. The number of aromatic nitrogens is 6. The van der Waals surface area contributed by atoms with Gasteiger partial charge in [-0.2, -0.15) is 0 Å². The molecule has 3 aromatic heterocycles. The van der Waals surface area contributed by atoms with Gasteiger partial charge in [-0.05, 0) is 50.5 Å². The zero-order valence-electron chi connectivity index (χ0n) is 19.2. The number of ketones is 1. The van der Waals surface area contributed by atoms with E-state index in [1.165, 1.54) is 4.57 Å². The lowest BCUT2D eigenvalue weighted by Gasteiger charge is -2.14. The van der Waals surface area contributed by atoms with Crippen LogP contribution in [-0.2, 0) is 0 Å². The Morgan fingerprint density at radius 1 is 1.20 bits per heavy atom. The topological polar surface area (TPSA) is 142 Å². The fraction of sp³-hybridized carbons (Fsp3) is 0.250. The van der Waals surface area contributed by atoms with Gasteiger partial charge in [0.25, 0.3) is 5.56 Å². The van der Waals surface area contributed by atoms with Gasteiger partial charge < -0.3 is 5.73 Å². The molecule has 0 radical (unpaired) electrons. The summed E-state index contributed by atoms with van der Waals surface area (Å²) >= 11 is 1.15. The van der Waals surface area contributed by atoms with Crippen LogP contribution in [0, 0.1) is 13.8 Å². The van der Waals surface area contributed by atoms with E-state index < -0.39 is 17.0 Å². The van der Waals surface area contributed by atoms with Gasteiger partial charge >= 0.3 is 5.69 Å². The molecule has 0 unspecified atom stereocenters. The van der Waals surface area contributed by atoms with Crippen LogP contribution in [0.5, 0.6) is 0 Å². The minimum absolute atomic E-state index is 0.0757. The zero-order valence-corrected chi connectivity index (χ0v) is 20.0. The van der Waals surface area contributed by atoms with Gasteiger partial charge in [-0.25, -0.2) is 4.79 Å². The first-order valence-electron chi connectivity index (χ1n) is 11.1. The molecule has 4 aromatic rings. The van der Waals surface area contributed by atoms with Crippen molar-refractivity contribution in [3.63, 3.8) is 0 Å². The van der Waals surface area contributed by atoms with Crippen molar-refractivity contribution in [3.8, 4) is 17.1 Å². The highest BCUT2D eigenvalue weighted by molar-refractivity contribution is 7.99. The fourth-order valence-corrected chi connectivity index (χ4v) is 4.87. The highest BCUT2D eigenvalue weighted by Crippen LogP contribution is 2.35. The molecule has 35 heavy (non-hydrogen) atoms. The summed E-state index contributed by atoms with van der Waals surface area (Å²) in [6, 6.07) is 9.66. The molecule has 11 heteroatoms. The molecule has 1 aromatic carbocycles. The maximum atomic E-state index is 13.1. The molecule has 3 heterocycles. The normalized spacial score (nSPS) is 13.2. The third kappa shape index (κ3) is 4.30. The lowest BCUT2D eigenvalue weighted by molar-refractivity contribution is 0.102. The molecule has 0 bridgehead atoms. The summed E-state index contributed by atoms with van der Waals surface area (Å²) in [5.74, 6) is -0.0914. The van der Waals surface area contributed by atoms with Crippen LogP contribution in [0.4, 0.5) is 5.82 Å². The maximum absolute atomic E-state index is 13.1. The number of rotatable bonds is 7. The first-order chi connectivity index (χ1) is 16.8. The molecule has 1 saturated carbocycles. The standard InChI is InChI=1S/C24H23N7O3S/c1-13-5-8-17(14(2)10-13)31-21(15-4-3-9-26-11-15)28-29-24(31)35-12-18(32)19-20(25)30(16-6-7-16)23(34)27-22(19)33/h3-5,8-11,16H,6-7,12,25H2,1-2H3,(H,27,33,34). The molecule has 0 saturated heterocycles. The monoisotopic (exact) mass is 489 g/mol. The van der Waals surface area contributed by atoms with Gasteiger partial charge in [-0.15, -0.1) is 10.2 Å². The number of anilines is 1. The van der Waals surface area contributed by atoms with Crippen LogP contribution in [0.25, 0.3) is 17.1 Å². The third-order valence-electron chi connectivity index (χ3n) is 5.85. The Labute approximate surface area is 204 Å². The summed E-state index contributed by atoms with van der Waals surface area (Å²) in [6.07, 6.45) is 4.95. The Morgan fingerprint density at radius 3 is 2.69 bits per heavy atom. The predicted octanol–water partition coefficient (Wildman–Crippen LogP) is 2.69. The van der Waals surface area contributed by atoms with Crippen LogP contribution in [0.15, 0.2) is 57.5 Å². The van der Waals surface area contributed by atoms with Gasteiger partial charge in [0.05, 0.1) is 11.4 Å². The minimum Gasteiger partial charge on any atom is -0.384 e. The Kier molecular flexibility index (Phi) is 5.85. The SMILES string of the molecule is Cc1ccc(-n2c(SCC(=O)c3c(N)n(C4CC4)c(=O)[nH]c3=O)nnc2-c2cccnc2)c(C)c1. The van der Waals surface area contributed by atoms with Crippen LogP contribution in [-0.4, -0.2) is 40.8 Å². The highest BCUT2D eigenvalue weighted by Gasteiger charge is 2.30. The number of aromatic amines is 1. The molecule has 1 aliphatic rings. The van der Waals surface area contributed by atoms with Crippen molar-refractivity contribution in [1.29, 1.82) is 0 Å². The van der Waals surface area contributed by atoms with Crippen molar-refractivity contribution in [2.45, 2.75) is 37.9 Å². The molecule has 178 valence electrons. The molecule has 0 atom stereocenters. The Hall–Kier alpha value is -3.99. The van der Waals surface area contributed by atoms with E-state index in [0.717, 1.165) is 47.0 Å². The van der Waals surface area contributed by atoms with Crippen LogP contribution < -0.4 is 17.0 Å².